The van der Waals surface area contributed by atoms with Crippen LogP contribution in [-0.2, 0) is 44.8 Å². The molecule has 2 aromatic heterocycles. The SMILES string of the molecule is C[C@@H](O)CN1CCc2c(nc(-c3cccc(-c4cccc(NC(=O)c5nc6c(n5C)CCN(CCC57CCC(C(=O)O)(CC5)C7)C6)c4Cl)c3Cl)n2C)C1. The lowest BCUT2D eigenvalue weighted by atomic mass is 9.80. The first-order chi connectivity index (χ1) is 25.4. The predicted octanol–water partition coefficient (Wildman–Crippen LogP) is 6.57. The Kier molecular flexibility index (Phi) is 9.46. The molecule has 1 amide bonds. The number of aliphatic hydroxyl groups excluding tert-OH is 1. The number of carbonyl (C=O) groups is 2. The number of aromatic nitrogens is 4. The van der Waals surface area contributed by atoms with Crippen LogP contribution < -0.4 is 5.32 Å². The van der Waals surface area contributed by atoms with Crippen LogP contribution in [0.15, 0.2) is 36.4 Å². The number of imidazole rings is 2. The van der Waals surface area contributed by atoms with Crippen molar-refractivity contribution in [2.75, 3.05) is 31.5 Å². The van der Waals surface area contributed by atoms with E-state index in [1.54, 1.807) is 13.0 Å². The first-order valence-electron chi connectivity index (χ1n) is 18.7. The third-order valence-electron chi connectivity index (χ3n) is 12.6. The second-order valence-corrected chi connectivity index (χ2v) is 16.7. The van der Waals surface area contributed by atoms with E-state index in [1.165, 1.54) is 5.69 Å². The third kappa shape index (κ3) is 6.48. The van der Waals surface area contributed by atoms with Gasteiger partial charge in [-0.05, 0) is 69.5 Å². The predicted molar refractivity (Wildman–Crippen MR) is 205 cm³/mol. The van der Waals surface area contributed by atoms with Crippen LogP contribution in [0.2, 0.25) is 10.0 Å². The average Bonchev–Trinajstić information content (AvgIpc) is 3.88. The Hall–Kier alpha value is -3.74. The highest BCUT2D eigenvalue weighted by atomic mass is 35.5. The highest BCUT2D eigenvalue weighted by molar-refractivity contribution is 6.39. The molecule has 4 aliphatic rings. The van der Waals surface area contributed by atoms with Crippen molar-refractivity contribution in [3.05, 3.63) is 75.0 Å². The van der Waals surface area contributed by atoms with E-state index in [9.17, 15) is 19.8 Å². The fraction of sp³-hybridized carbons (Fsp3) is 0.500. The molecule has 2 aliphatic carbocycles. The summed E-state index contributed by atoms with van der Waals surface area (Å²) in [5, 5.41) is 23.6. The van der Waals surface area contributed by atoms with E-state index >= 15 is 0 Å². The minimum absolute atomic E-state index is 0.146. The zero-order valence-corrected chi connectivity index (χ0v) is 32.1. The number of carboxylic acids is 1. The molecule has 4 aromatic rings. The van der Waals surface area contributed by atoms with Crippen molar-refractivity contribution < 1.29 is 19.8 Å². The van der Waals surface area contributed by atoms with Crippen LogP contribution in [0.4, 0.5) is 5.69 Å². The molecule has 3 N–H and O–H groups in total. The number of carbonyl (C=O) groups excluding carboxylic acids is 1. The maximum absolute atomic E-state index is 13.8. The van der Waals surface area contributed by atoms with Gasteiger partial charge in [0.25, 0.3) is 5.91 Å². The number of fused-ring (bicyclic) bond motifs is 4. The summed E-state index contributed by atoms with van der Waals surface area (Å²) >= 11 is 14.2. The van der Waals surface area contributed by atoms with E-state index in [0.717, 1.165) is 105 Å². The van der Waals surface area contributed by atoms with Gasteiger partial charge in [0.05, 0.1) is 38.6 Å². The lowest BCUT2D eigenvalue weighted by Gasteiger charge is -2.32. The van der Waals surface area contributed by atoms with Crippen molar-refractivity contribution in [3.63, 3.8) is 0 Å². The molecule has 11 nitrogen and oxygen atoms in total. The van der Waals surface area contributed by atoms with E-state index < -0.39 is 17.5 Å². The number of benzene rings is 2. The van der Waals surface area contributed by atoms with Crippen LogP contribution >= 0.6 is 23.2 Å². The highest BCUT2D eigenvalue weighted by Crippen LogP contribution is 2.63. The zero-order chi connectivity index (χ0) is 37.2. The van der Waals surface area contributed by atoms with Crippen LogP contribution in [0.3, 0.4) is 0 Å². The summed E-state index contributed by atoms with van der Waals surface area (Å²) < 4.78 is 4.00. The third-order valence-corrected chi connectivity index (χ3v) is 13.4. The topological polar surface area (TPSA) is 129 Å². The molecule has 8 rings (SSSR count). The van der Waals surface area contributed by atoms with Crippen LogP contribution in [0.25, 0.3) is 22.5 Å². The fourth-order valence-corrected chi connectivity index (χ4v) is 10.2. The van der Waals surface area contributed by atoms with E-state index in [4.69, 9.17) is 33.2 Å². The highest BCUT2D eigenvalue weighted by Gasteiger charge is 2.57. The lowest BCUT2D eigenvalue weighted by molar-refractivity contribution is -0.148. The molecule has 0 unspecified atom stereocenters. The van der Waals surface area contributed by atoms with Gasteiger partial charge in [0, 0.05) is 87.7 Å². The van der Waals surface area contributed by atoms with E-state index in [1.807, 2.05) is 49.0 Å². The summed E-state index contributed by atoms with van der Waals surface area (Å²) in [7, 11) is 3.91. The van der Waals surface area contributed by atoms with Gasteiger partial charge in [0.1, 0.15) is 5.82 Å². The number of halogens is 2. The molecule has 2 aliphatic heterocycles. The number of nitrogens with one attached hydrogen (secondary N) is 1. The first kappa shape index (κ1) is 36.2. The van der Waals surface area contributed by atoms with Crippen molar-refractivity contribution in [3.8, 4) is 22.5 Å². The molecule has 0 saturated heterocycles. The summed E-state index contributed by atoms with van der Waals surface area (Å²) in [5.41, 5.74) is 6.47. The van der Waals surface area contributed by atoms with E-state index in [2.05, 4.69) is 19.7 Å². The van der Waals surface area contributed by atoms with Gasteiger partial charge in [-0.25, -0.2) is 9.97 Å². The molecule has 13 heteroatoms. The van der Waals surface area contributed by atoms with Gasteiger partial charge < -0.3 is 24.7 Å². The Labute approximate surface area is 319 Å². The first-order valence-corrected chi connectivity index (χ1v) is 19.5. The standard InChI is InChI=1S/C40H47Cl2N7O4/c1-24(50)20-49-18-11-31-30(22-49)43-35(46(31)2)27-8-4-6-25(33(27)41)26-7-5-9-28(34(26)42)45-37(51)36-44-29-21-48(17-10-32(29)47(36)3)19-16-39-12-14-40(23-39,15-13-39)38(52)53/h4-9,24,50H,10-23H2,1-3H3,(H,45,51)(H,52,53)/t24-,39?,40?/m1/s1. The van der Waals surface area contributed by atoms with Crippen LogP contribution in [0.5, 0.6) is 0 Å². The zero-order valence-electron chi connectivity index (χ0n) is 30.6. The fourth-order valence-electron chi connectivity index (χ4n) is 9.61. The number of carboxylic acid groups (broad SMARTS) is 1. The molecule has 0 radical (unpaired) electrons. The van der Waals surface area contributed by atoms with Crippen LogP contribution in [-0.4, -0.2) is 83.3 Å². The Morgan fingerprint density at radius 3 is 2.19 bits per heavy atom. The molecular weight excluding hydrogens is 713 g/mol. The number of hydrogen-bond acceptors (Lipinski definition) is 7. The Morgan fingerprint density at radius 2 is 1.49 bits per heavy atom. The number of anilines is 1. The van der Waals surface area contributed by atoms with Gasteiger partial charge in [-0.2, -0.15) is 0 Å². The van der Waals surface area contributed by atoms with Gasteiger partial charge in [0.15, 0.2) is 5.82 Å². The molecule has 2 saturated carbocycles. The molecule has 4 heterocycles. The summed E-state index contributed by atoms with van der Waals surface area (Å²) in [5.74, 6) is 0.152. The number of rotatable bonds is 10. The van der Waals surface area contributed by atoms with Crippen LogP contribution in [0.1, 0.15) is 78.8 Å². The molecule has 2 bridgehead atoms. The maximum atomic E-state index is 13.8. The van der Waals surface area contributed by atoms with Gasteiger partial charge >= 0.3 is 5.97 Å². The number of amides is 1. The average molecular weight is 761 g/mol. The molecule has 53 heavy (non-hydrogen) atoms. The molecular formula is C40H47Cl2N7O4. The minimum Gasteiger partial charge on any atom is -0.481 e. The molecule has 0 spiro atoms. The van der Waals surface area contributed by atoms with Crippen molar-refractivity contribution >= 4 is 40.8 Å². The summed E-state index contributed by atoms with van der Waals surface area (Å²) in [6.07, 6.45) is 6.66. The van der Waals surface area contributed by atoms with Crippen molar-refractivity contribution in [2.24, 2.45) is 24.9 Å². The number of nitrogens with zero attached hydrogens (tertiary/aromatic N) is 6. The molecule has 2 fully saturated rings. The second kappa shape index (κ2) is 13.8. The normalized spacial score (nSPS) is 23.2. The summed E-state index contributed by atoms with van der Waals surface area (Å²) in [6, 6.07) is 11.4. The lowest BCUT2D eigenvalue weighted by Crippen LogP contribution is -2.36. The Balaban J connectivity index is 0.973. The van der Waals surface area contributed by atoms with Crippen molar-refractivity contribution in [1.82, 2.24) is 28.9 Å². The molecule has 1 atom stereocenters. The largest absolute Gasteiger partial charge is 0.481 e. The van der Waals surface area contributed by atoms with Gasteiger partial charge in [-0.1, -0.05) is 47.5 Å². The molecule has 2 aromatic carbocycles. The summed E-state index contributed by atoms with van der Waals surface area (Å²) in [6.45, 7) is 6.39. The van der Waals surface area contributed by atoms with Crippen LogP contribution in [0, 0.1) is 10.8 Å². The summed E-state index contributed by atoms with van der Waals surface area (Å²) in [4.78, 5) is 40.1. The minimum atomic E-state index is -0.619. The van der Waals surface area contributed by atoms with E-state index in [-0.39, 0.29) is 11.3 Å². The van der Waals surface area contributed by atoms with Gasteiger partial charge in [0.2, 0.25) is 0 Å². The van der Waals surface area contributed by atoms with Gasteiger partial charge in [-0.3, -0.25) is 19.4 Å². The van der Waals surface area contributed by atoms with Crippen molar-refractivity contribution in [2.45, 2.75) is 77.5 Å². The molecule has 280 valence electrons. The Bertz CT molecular complexity index is 2100. The number of hydrogen-bond donors (Lipinski definition) is 3. The van der Waals surface area contributed by atoms with Crippen molar-refractivity contribution in [1.29, 1.82) is 0 Å². The Morgan fingerprint density at radius 1 is 0.868 bits per heavy atom. The van der Waals surface area contributed by atoms with Gasteiger partial charge in [-0.15, -0.1) is 0 Å². The number of aliphatic carboxylic acids is 1. The quantitative estimate of drug-likeness (QED) is 0.166. The number of β-amino-alcohol motifs (C(OH)–C–C–N with tert-alkyl or cyclic N) is 1. The second-order valence-electron chi connectivity index (χ2n) is 15.9. The maximum Gasteiger partial charge on any atom is 0.309 e. The van der Waals surface area contributed by atoms with E-state index in [0.29, 0.717) is 46.8 Å². The number of aliphatic hydroxyl groups is 1. The smallest absolute Gasteiger partial charge is 0.309 e. The monoisotopic (exact) mass is 759 g/mol.